The molecule has 0 atom stereocenters. The molecule has 138 valence electrons. The SMILES string of the molecule is CN(C)c1noc(CNC(=O)c2ccc(NC(=O)c3ccncc3)cc2)n1. The molecule has 0 fully saturated rings. The summed E-state index contributed by atoms with van der Waals surface area (Å²) in [6.45, 7) is 0.125. The summed E-state index contributed by atoms with van der Waals surface area (Å²) in [6, 6.07) is 9.80. The normalized spacial score (nSPS) is 10.3. The minimum atomic E-state index is -0.286. The van der Waals surface area contributed by atoms with Crippen LogP contribution in [0.2, 0.25) is 0 Å². The second-order valence-corrected chi connectivity index (χ2v) is 5.83. The Morgan fingerprint density at radius 1 is 1.00 bits per heavy atom. The molecule has 3 rings (SSSR count). The van der Waals surface area contributed by atoms with Crippen molar-refractivity contribution >= 4 is 23.5 Å². The standard InChI is InChI=1S/C18H18N6O3/c1-24(2)18-22-15(27-23-18)11-20-16(25)12-3-5-14(6-4-12)21-17(26)13-7-9-19-10-8-13/h3-10H,11H2,1-2H3,(H,20,25)(H,21,26). The molecule has 0 saturated carbocycles. The summed E-state index contributed by atoms with van der Waals surface area (Å²) in [5.41, 5.74) is 1.54. The van der Waals surface area contributed by atoms with Crippen molar-refractivity contribution in [2.24, 2.45) is 0 Å². The van der Waals surface area contributed by atoms with E-state index in [9.17, 15) is 9.59 Å². The van der Waals surface area contributed by atoms with Gasteiger partial charge < -0.3 is 20.1 Å². The lowest BCUT2D eigenvalue weighted by Crippen LogP contribution is -2.23. The quantitative estimate of drug-likeness (QED) is 0.683. The van der Waals surface area contributed by atoms with E-state index in [1.54, 1.807) is 67.8 Å². The third kappa shape index (κ3) is 4.66. The van der Waals surface area contributed by atoms with Crippen LogP contribution < -0.4 is 15.5 Å². The second kappa shape index (κ2) is 8.09. The molecule has 2 amide bonds. The first-order valence-corrected chi connectivity index (χ1v) is 8.12. The van der Waals surface area contributed by atoms with Crippen molar-refractivity contribution in [3.8, 4) is 0 Å². The molecule has 0 aliphatic carbocycles. The summed E-state index contributed by atoms with van der Waals surface area (Å²) >= 11 is 0. The van der Waals surface area contributed by atoms with E-state index in [4.69, 9.17) is 4.52 Å². The molecule has 3 aromatic rings. The van der Waals surface area contributed by atoms with Crippen LogP contribution in [-0.4, -0.2) is 41.0 Å². The Balaban J connectivity index is 1.56. The first-order chi connectivity index (χ1) is 13.0. The molecular formula is C18H18N6O3. The van der Waals surface area contributed by atoms with Gasteiger partial charge in [0.2, 0.25) is 5.89 Å². The summed E-state index contributed by atoms with van der Waals surface area (Å²) in [7, 11) is 3.59. The van der Waals surface area contributed by atoms with Crippen molar-refractivity contribution in [3.05, 3.63) is 65.8 Å². The van der Waals surface area contributed by atoms with Crippen LogP contribution in [0.15, 0.2) is 53.3 Å². The number of nitrogens with one attached hydrogen (secondary N) is 2. The number of benzene rings is 1. The Morgan fingerprint density at radius 3 is 2.30 bits per heavy atom. The molecule has 0 saturated heterocycles. The molecule has 2 aromatic heterocycles. The Hall–Kier alpha value is -3.75. The molecule has 0 unspecified atom stereocenters. The van der Waals surface area contributed by atoms with Crippen molar-refractivity contribution in [2.75, 3.05) is 24.3 Å². The van der Waals surface area contributed by atoms with Crippen molar-refractivity contribution in [3.63, 3.8) is 0 Å². The molecule has 1 aromatic carbocycles. The number of aromatic nitrogens is 3. The van der Waals surface area contributed by atoms with Crippen LogP contribution in [0, 0.1) is 0 Å². The van der Waals surface area contributed by atoms with Crippen LogP contribution in [0.1, 0.15) is 26.6 Å². The average Bonchev–Trinajstić information content (AvgIpc) is 3.17. The highest BCUT2D eigenvalue weighted by Gasteiger charge is 2.11. The summed E-state index contributed by atoms with van der Waals surface area (Å²) < 4.78 is 5.05. The summed E-state index contributed by atoms with van der Waals surface area (Å²) in [5.74, 6) is 0.219. The first kappa shape index (κ1) is 18.1. The zero-order valence-corrected chi connectivity index (χ0v) is 14.8. The van der Waals surface area contributed by atoms with Gasteiger partial charge in [0.25, 0.3) is 17.8 Å². The maximum Gasteiger partial charge on any atom is 0.265 e. The van der Waals surface area contributed by atoms with Crippen LogP contribution in [0.4, 0.5) is 11.6 Å². The fraction of sp³-hybridized carbons (Fsp3) is 0.167. The molecule has 0 bridgehead atoms. The van der Waals surface area contributed by atoms with Crippen LogP contribution in [0.5, 0.6) is 0 Å². The van der Waals surface area contributed by atoms with Gasteiger partial charge in [-0.1, -0.05) is 0 Å². The van der Waals surface area contributed by atoms with E-state index in [-0.39, 0.29) is 18.4 Å². The van der Waals surface area contributed by atoms with Crippen molar-refractivity contribution in [2.45, 2.75) is 6.54 Å². The van der Waals surface area contributed by atoms with Gasteiger partial charge in [-0.05, 0) is 41.6 Å². The lowest BCUT2D eigenvalue weighted by atomic mass is 10.2. The van der Waals surface area contributed by atoms with Crippen molar-refractivity contribution < 1.29 is 14.1 Å². The number of carbonyl (C=O) groups is 2. The van der Waals surface area contributed by atoms with Gasteiger partial charge in [0.1, 0.15) is 0 Å². The highest BCUT2D eigenvalue weighted by atomic mass is 16.5. The van der Waals surface area contributed by atoms with E-state index in [1.807, 2.05) is 0 Å². The topological polar surface area (TPSA) is 113 Å². The summed E-state index contributed by atoms with van der Waals surface area (Å²) in [6.07, 6.45) is 3.10. The number of rotatable bonds is 6. The minimum absolute atomic E-state index is 0.125. The van der Waals surface area contributed by atoms with Gasteiger partial charge in [-0.2, -0.15) is 4.98 Å². The van der Waals surface area contributed by atoms with Crippen molar-refractivity contribution in [1.29, 1.82) is 0 Å². The highest BCUT2D eigenvalue weighted by Crippen LogP contribution is 2.12. The minimum Gasteiger partial charge on any atom is -0.344 e. The van der Waals surface area contributed by atoms with Crippen LogP contribution in [0.3, 0.4) is 0 Å². The van der Waals surface area contributed by atoms with E-state index in [0.717, 1.165) is 0 Å². The molecule has 2 N–H and O–H groups in total. The number of pyridine rings is 1. The van der Waals surface area contributed by atoms with E-state index in [2.05, 4.69) is 25.8 Å². The predicted octanol–water partition coefficient (Wildman–Crippen LogP) is 1.71. The van der Waals surface area contributed by atoms with E-state index < -0.39 is 0 Å². The Kier molecular flexibility index (Phi) is 5.41. The van der Waals surface area contributed by atoms with Crippen LogP contribution >= 0.6 is 0 Å². The number of nitrogens with zero attached hydrogens (tertiary/aromatic N) is 4. The Bertz CT molecular complexity index is 922. The third-order valence-electron chi connectivity index (χ3n) is 3.61. The molecule has 0 aliphatic rings. The predicted molar refractivity (Wildman–Crippen MR) is 98.4 cm³/mol. The average molecular weight is 366 g/mol. The molecule has 27 heavy (non-hydrogen) atoms. The zero-order chi connectivity index (χ0) is 19.2. The van der Waals surface area contributed by atoms with Gasteiger partial charge in [-0.15, -0.1) is 0 Å². The van der Waals surface area contributed by atoms with Crippen molar-refractivity contribution in [1.82, 2.24) is 20.4 Å². The molecule has 0 spiro atoms. The van der Waals surface area contributed by atoms with Gasteiger partial charge in [-0.25, -0.2) is 0 Å². The molecular weight excluding hydrogens is 348 g/mol. The maximum atomic E-state index is 12.2. The number of carbonyl (C=O) groups excluding carboxylic acids is 2. The lowest BCUT2D eigenvalue weighted by molar-refractivity contribution is 0.0945. The van der Waals surface area contributed by atoms with Gasteiger partial charge in [0.05, 0.1) is 6.54 Å². The van der Waals surface area contributed by atoms with Crippen LogP contribution in [0.25, 0.3) is 0 Å². The van der Waals surface area contributed by atoms with Gasteiger partial charge >= 0.3 is 0 Å². The fourth-order valence-corrected chi connectivity index (χ4v) is 2.17. The van der Waals surface area contributed by atoms with Crippen LogP contribution in [-0.2, 0) is 6.54 Å². The Labute approximate surface area is 155 Å². The third-order valence-corrected chi connectivity index (χ3v) is 3.61. The first-order valence-electron chi connectivity index (χ1n) is 8.12. The number of hydrogen-bond donors (Lipinski definition) is 2. The highest BCUT2D eigenvalue weighted by molar-refractivity contribution is 6.04. The van der Waals surface area contributed by atoms with E-state index in [0.29, 0.717) is 28.7 Å². The van der Waals surface area contributed by atoms with E-state index in [1.165, 1.54) is 0 Å². The zero-order valence-electron chi connectivity index (χ0n) is 14.8. The maximum absolute atomic E-state index is 12.2. The number of anilines is 2. The van der Waals surface area contributed by atoms with Gasteiger partial charge in [0, 0.05) is 43.3 Å². The molecule has 9 heteroatoms. The summed E-state index contributed by atoms with van der Waals surface area (Å²) in [4.78, 5) is 34.0. The largest absolute Gasteiger partial charge is 0.344 e. The number of amides is 2. The second-order valence-electron chi connectivity index (χ2n) is 5.83. The fourth-order valence-electron chi connectivity index (χ4n) is 2.17. The monoisotopic (exact) mass is 366 g/mol. The molecule has 0 aliphatic heterocycles. The molecule has 2 heterocycles. The smallest absolute Gasteiger partial charge is 0.265 e. The summed E-state index contributed by atoms with van der Waals surface area (Å²) in [5, 5.41) is 9.24. The molecule has 9 nitrogen and oxygen atoms in total. The van der Waals surface area contributed by atoms with Gasteiger partial charge in [-0.3, -0.25) is 14.6 Å². The Morgan fingerprint density at radius 2 is 1.67 bits per heavy atom. The number of hydrogen-bond acceptors (Lipinski definition) is 7. The molecule has 0 radical (unpaired) electrons. The lowest BCUT2D eigenvalue weighted by Gasteiger charge is -2.07. The van der Waals surface area contributed by atoms with E-state index >= 15 is 0 Å². The van der Waals surface area contributed by atoms with Gasteiger partial charge in [0.15, 0.2) is 0 Å².